The number of nitrogens with zero attached hydrogens (tertiary/aromatic N) is 2. The summed E-state index contributed by atoms with van der Waals surface area (Å²) in [6.07, 6.45) is 0.375. The van der Waals surface area contributed by atoms with Gasteiger partial charge in [0.15, 0.2) is 5.75 Å². The molecule has 0 heterocycles. The van der Waals surface area contributed by atoms with Crippen LogP contribution < -0.4 is 10.1 Å². The summed E-state index contributed by atoms with van der Waals surface area (Å²) in [5.41, 5.74) is 0.847. The highest BCUT2D eigenvalue weighted by Crippen LogP contribution is 2.41. The number of ether oxygens (including phenoxy) is 1. The summed E-state index contributed by atoms with van der Waals surface area (Å²) in [4.78, 5) is 12.7. The standard InChI is InChI=1S/C26H22ClN3O6S/c1-3-15-12-19(37(33,34)35)14-22(23(15)27)29-30-24-20-7-5-4-6-16(20)13-21(25(24)31)26(32)28-17-8-10-18(36-2)11-9-17/h4-14,31H,3H2,1-2H3,(H,28,32)(H,33,34,35). The molecule has 1 amide bonds. The van der Waals surface area contributed by atoms with Crippen LogP contribution in [-0.4, -0.2) is 31.1 Å². The van der Waals surface area contributed by atoms with Crippen LogP contribution in [0.4, 0.5) is 17.1 Å². The average molecular weight is 540 g/mol. The molecule has 190 valence electrons. The third kappa shape index (κ3) is 5.56. The number of azo groups is 1. The van der Waals surface area contributed by atoms with Crippen LogP contribution >= 0.6 is 11.6 Å². The van der Waals surface area contributed by atoms with Crippen molar-refractivity contribution in [1.82, 2.24) is 0 Å². The maximum Gasteiger partial charge on any atom is 0.294 e. The van der Waals surface area contributed by atoms with E-state index in [1.54, 1.807) is 55.5 Å². The van der Waals surface area contributed by atoms with Crippen LogP contribution in [0.2, 0.25) is 5.02 Å². The van der Waals surface area contributed by atoms with E-state index in [-0.39, 0.29) is 26.9 Å². The highest BCUT2D eigenvalue weighted by molar-refractivity contribution is 7.85. The lowest BCUT2D eigenvalue weighted by Gasteiger charge is -2.12. The molecule has 0 fully saturated rings. The number of benzene rings is 4. The van der Waals surface area contributed by atoms with Gasteiger partial charge in [-0.2, -0.15) is 8.42 Å². The maximum atomic E-state index is 13.1. The summed E-state index contributed by atoms with van der Waals surface area (Å²) in [5.74, 6) is -0.381. The van der Waals surface area contributed by atoms with E-state index in [1.165, 1.54) is 19.2 Å². The fourth-order valence-corrected chi connectivity index (χ4v) is 4.52. The smallest absolute Gasteiger partial charge is 0.294 e. The molecule has 11 heteroatoms. The van der Waals surface area contributed by atoms with Crippen LogP contribution in [0.3, 0.4) is 0 Å². The maximum absolute atomic E-state index is 13.1. The predicted molar refractivity (Wildman–Crippen MR) is 141 cm³/mol. The molecule has 4 rings (SSSR count). The zero-order chi connectivity index (χ0) is 26.7. The minimum Gasteiger partial charge on any atom is -0.505 e. The number of halogens is 1. The summed E-state index contributed by atoms with van der Waals surface area (Å²) in [6, 6.07) is 17.5. The number of hydrogen-bond donors (Lipinski definition) is 3. The molecule has 37 heavy (non-hydrogen) atoms. The van der Waals surface area contributed by atoms with E-state index in [1.807, 2.05) is 0 Å². The molecular weight excluding hydrogens is 518 g/mol. The Kier molecular flexibility index (Phi) is 7.44. The topological polar surface area (TPSA) is 138 Å². The van der Waals surface area contributed by atoms with Gasteiger partial charge in [0.25, 0.3) is 16.0 Å². The van der Waals surface area contributed by atoms with Crippen molar-refractivity contribution in [2.24, 2.45) is 10.2 Å². The Hall–Kier alpha value is -3.99. The quantitative estimate of drug-likeness (QED) is 0.177. The largest absolute Gasteiger partial charge is 0.505 e. The van der Waals surface area contributed by atoms with E-state index >= 15 is 0 Å². The molecule has 0 spiro atoms. The fraction of sp³-hybridized carbons (Fsp3) is 0.115. The van der Waals surface area contributed by atoms with Crippen molar-refractivity contribution in [3.63, 3.8) is 0 Å². The third-order valence-electron chi connectivity index (χ3n) is 5.63. The van der Waals surface area contributed by atoms with Gasteiger partial charge in [-0.25, -0.2) is 0 Å². The van der Waals surface area contributed by atoms with E-state index < -0.39 is 21.8 Å². The summed E-state index contributed by atoms with van der Waals surface area (Å²) in [5, 5.41) is 23.3. The summed E-state index contributed by atoms with van der Waals surface area (Å²) >= 11 is 6.38. The Morgan fingerprint density at radius 2 is 1.76 bits per heavy atom. The number of carbonyl (C=O) groups excluding carboxylic acids is 1. The van der Waals surface area contributed by atoms with Gasteiger partial charge in [-0.15, -0.1) is 10.2 Å². The number of aryl methyl sites for hydroxylation is 1. The van der Waals surface area contributed by atoms with Crippen molar-refractivity contribution in [2.75, 3.05) is 12.4 Å². The van der Waals surface area contributed by atoms with Crippen LogP contribution in [-0.2, 0) is 16.5 Å². The second-order valence-electron chi connectivity index (χ2n) is 7.97. The Bertz CT molecular complexity index is 1640. The molecule has 0 radical (unpaired) electrons. The number of hydrogen-bond acceptors (Lipinski definition) is 7. The minimum atomic E-state index is -4.52. The second-order valence-corrected chi connectivity index (χ2v) is 9.77. The number of fused-ring (bicyclic) bond motifs is 1. The highest BCUT2D eigenvalue weighted by Gasteiger charge is 2.20. The van der Waals surface area contributed by atoms with Gasteiger partial charge in [-0.05, 0) is 59.8 Å². The van der Waals surface area contributed by atoms with Gasteiger partial charge in [0, 0.05) is 11.1 Å². The van der Waals surface area contributed by atoms with Gasteiger partial charge in [-0.3, -0.25) is 9.35 Å². The van der Waals surface area contributed by atoms with Gasteiger partial charge in [0.2, 0.25) is 0 Å². The first kappa shape index (κ1) is 26.1. The van der Waals surface area contributed by atoms with Crippen molar-refractivity contribution in [1.29, 1.82) is 0 Å². The highest BCUT2D eigenvalue weighted by atomic mass is 35.5. The number of rotatable bonds is 7. The zero-order valence-electron chi connectivity index (χ0n) is 19.8. The van der Waals surface area contributed by atoms with Crippen LogP contribution in [0, 0.1) is 0 Å². The fourth-order valence-electron chi connectivity index (χ4n) is 3.69. The number of nitrogens with one attached hydrogen (secondary N) is 1. The summed E-state index contributed by atoms with van der Waals surface area (Å²) < 4.78 is 38.1. The van der Waals surface area contributed by atoms with Gasteiger partial charge in [0.1, 0.15) is 17.1 Å². The number of phenolic OH excluding ortho intramolecular Hbond substituents is 1. The molecule has 0 aliphatic heterocycles. The van der Waals surface area contributed by atoms with Crippen molar-refractivity contribution in [3.05, 3.63) is 82.9 Å². The molecule has 0 aliphatic carbocycles. The molecule has 9 nitrogen and oxygen atoms in total. The molecule has 0 atom stereocenters. The van der Waals surface area contributed by atoms with Crippen LogP contribution in [0.5, 0.6) is 11.5 Å². The van der Waals surface area contributed by atoms with E-state index in [0.29, 0.717) is 34.2 Å². The van der Waals surface area contributed by atoms with Gasteiger partial charge >= 0.3 is 0 Å². The monoisotopic (exact) mass is 539 g/mol. The van der Waals surface area contributed by atoms with Crippen molar-refractivity contribution < 1.29 is 27.6 Å². The first-order chi connectivity index (χ1) is 17.6. The normalized spacial score (nSPS) is 11.7. The first-order valence-corrected chi connectivity index (χ1v) is 12.9. The SMILES string of the molecule is CCc1cc(S(=O)(=O)O)cc(N=Nc2c(O)c(C(=O)Nc3ccc(OC)cc3)cc3ccccc23)c1Cl. The van der Waals surface area contributed by atoms with Gasteiger partial charge < -0.3 is 15.2 Å². The molecule has 0 saturated carbocycles. The Balaban J connectivity index is 1.80. The molecule has 3 N–H and O–H groups in total. The Morgan fingerprint density at radius 1 is 1.05 bits per heavy atom. The van der Waals surface area contributed by atoms with Crippen molar-refractivity contribution >= 4 is 55.5 Å². The number of anilines is 1. The summed E-state index contributed by atoms with van der Waals surface area (Å²) in [7, 11) is -2.99. The minimum absolute atomic E-state index is 0.00986. The third-order valence-corrected chi connectivity index (χ3v) is 6.89. The number of methoxy groups -OCH3 is 1. The lowest BCUT2D eigenvalue weighted by atomic mass is 10.0. The van der Waals surface area contributed by atoms with E-state index in [0.717, 1.165) is 6.07 Å². The Morgan fingerprint density at radius 3 is 2.41 bits per heavy atom. The number of amides is 1. The van der Waals surface area contributed by atoms with Crippen LogP contribution in [0.25, 0.3) is 10.8 Å². The zero-order valence-corrected chi connectivity index (χ0v) is 21.3. The molecule has 0 aliphatic rings. The lowest BCUT2D eigenvalue weighted by Crippen LogP contribution is -2.12. The van der Waals surface area contributed by atoms with E-state index in [2.05, 4.69) is 15.5 Å². The molecule has 0 unspecified atom stereocenters. The van der Waals surface area contributed by atoms with E-state index in [4.69, 9.17) is 16.3 Å². The van der Waals surface area contributed by atoms with Gasteiger partial charge in [0.05, 0.1) is 22.6 Å². The number of carbonyl (C=O) groups is 1. The van der Waals surface area contributed by atoms with Crippen LogP contribution in [0.15, 0.2) is 81.9 Å². The molecule has 4 aromatic rings. The molecule has 0 bridgehead atoms. The Labute approximate surface area is 218 Å². The predicted octanol–water partition coefficient (Wildman–Crippen LogP) is 6.68. The van der Waals surface area contributed by atoms with Crippen molar-refractivity contribution in [2.45, 2.75) is 18.2 Å². The summed E-state index contributed by atoms with van der Waals surface area (Å²) in [6.45, 7) is 1.76. The number of aromatic hydroxyl groups is 1. The first-order valence-electron chi connectivity index (χ1n) is 11.0. The van der Waals surface area contributed by atoms with E-state index in [9.17, 15) is 22.9 Å². The molecule has 4 aromatic carbocycles. The van der Waals surface area contributed by atoms with Gasteiger partial charge in [-0.1, -0.05) is 42.8 Å². The van der Waals surface area contributed by atoms with Crippen molar-refractivity contribution in [3.8, 4) is 11.5 Å². The molecular formula is C26H22ClN3O6S. The number of phenols is 1. The lowest BCUT2D eigenvalue weighted by molar-refractivity contribution is 0.102. The second kappa shape index (κ2) is 10.6. The molecule has 0 aromatic heterocycles. The molecule has 0 saturated heterocycles. The van der Waals surface area contributed by atoms with Crippen LogP contribution in [0.1, 0.15) is 22.8 Å². The average Bonchev–Trinajstić information content (AvgIpc) is 2.88.